The van der Waals surface area contributed by atoms with Gasteiger partial charge in [-0.25, -0.2) is 0 Å². The molecular formula is C27H28N4. The lowest BCUT2D eigenvalue weighted by atomic mass is 9.85. The molecule has 5 rings (SSSR count). The molecule has 156 valence electrons. The normalized spacial score (nSPS) is 13.0. The first kappa shape index (κ1) is 19.7. The van der Waals surface area contributed by atoms with E-state index in [0.717, 1.165) is 59.5 Å². The van der Waals surface area contributed by atoms with Crippen LogP contribution in [0.4, 0.5) is 0 Å². The lowest BCUT2D eigenvalue weighted by Gasteiger charge is -2.27. The van der Waals surface area contributed by atoms with Crippen LogP contribution in [0.5, 0.6) is 0 Å². The molecule has 1 aliphatic rings. The maximum Gasteiger partial charge on any atom is 0.0784 e. The Bertz CT molecular complexity index is 1200. The molecule has 4 heteroatoms. The highest BCUT2D eigenvalue weighted by molar-refractivity contribution is 5.85. The van der Waals surface area contributed by atoms with Gasteiger partial charge in [0.2, 0.25) is 0 Å². The number of fused-ring (bicyclic) bond motifs is 3. The van der Waals surface area contributed by atoms with Gasteiger partial charge in [0, 0.05) is 22.2 Å². The average molecular weight is 409 g/mol. The molecule has 2 aromatic carbocycles. The molecule has 2 aromatic heterocycles. The molecule has 4 nitrogen and oxygen atoms in total. The van der Waals surface area contributed by atoms with Crippen LogP contribution in [0.3, 0.4) is 0 Å². The molecule has 0 amide bonds. The quantitative estimate of drug-likeness (QED) is 0.433. The van der Waals surface area contributed by atoms with Gasteiger partial charge in [0.15, 0.2) is 0 Å². The second kappa shape index (κ2) is 7.78. The Morgan fingerprint density at radius 1 is 0.903 bits per heavy atom. The zero-order valence-electron chi connectivity index (χ0n) is 18.2. The summed E-state index contributed by atoms with van der Waals surface area (Å²) >= 11 is 0. The van der Waals surface area contributed by atoms with Crippen LogP contribution < -0.4 is 5.73 Å². The second-order valence-electron chi connectivity index (χ2n) is 8.46. The van der Waals surface area contributed by atoms with Crippen molar-refractivity contribution < 1.29 is 0 Å². The molecule has 1 aliphatic carbocycles. The van der Waals surface area contributed by atoms with Crippen molar-refractivity contribution in [1.29, 1.82) is 0 Å². The molecule has 0 saturated heterocycles. The fourth-order valence-electron chi connectivity index (χ4n) is 4.62. The molecule has 0 radical (unpaired) electrons. The maximum absolute atomic E-state index is 6.63. The lowest BCUT2D eigenvalue weighted by molar-refractivity contribution is 0.413. The molecule has 0 atom stereocenters. The van der Waals surface area contributed by atoms with Crippen LogP contribution in [0.25, 0.3) is 33.6 Å². The van der Waals surface area contributed by atoms with E-state index in [-0.39, 0.29) is 5.54 Å². The number of hydrogen-bond acceptors (Lipinski definition) is 3. The molecule has 0 bridgehead atoms. The van der Waals surface area contributed by atoms with Crippen molar-refractivity contribution in [3.05, 3.63) is 83.7 Å². The summed E-state index contributed by atoms with van der Waals surface area (Å²) in [6.07, 6.45) is 5.67. The van der Waals surface area contributed by atoms with Crippen LogP contribution in [0, 0.1) is 0 Å². The Morgan fingerprint density at radius 3 is 2.35 bits per heavy atom. The van der Waals surface area contributed by atoms with Crippen LogP contribution in [0.1, 0.15) is 43.5 Å². The van der Waals surface area contributed by atoms with Gasteiger partial charge in [-0.15, -0.1) is 0 Å². The largest absolute Gasteiger partial charge is 0.321 e. The molecule has 31 heavy (non-hydrogen) atoms. The Balaban J connectivity index is 1.67. The van der Waals surface area contributed by atoms with Gasteiger partial charge in [-0.3, -0.25) is 10.1 Å². The van der Waals surface area contributed by atoms with Crippen LogP contribution in [0.2, 0.25) is 0 Å². The molecule has 3 N–H and O–H groups in total. The van der Waals surface area contributed by atoms with Gasteiger partial charge in [-0.2, -0.15) is 5.10 Å². The van der Waals surface area contributed by atoms with Gasteiger partial charge in [-0.1, -0.05) is 68.4 Å². The number of nitrogens with one attached hydrogen (secondary N) is 1. The minimum atomic E-state index is -0.277. The minimum Gasteiger partial charge on any atom is -0.321 e. The number of nitrogens with zero attached hydrogens (tertiary/aromatic N) is 2. The third-order valence-corrected chi connectivity index (χ3v) is 6.80. The summed E-state index contributed by atoms with van der Waals surface area (Å²) in [5.74, 6) is 0. The Morgan fingerprint density at radius 2 is 1.65 bits per heavy atom. The molecule has 4 aromatic rings. The van der Waals surface area contributed by atoms with E-state index < -0.39 is 0 Å². The van der Waals surface area contributed by atoms with E-state index in [1.807, 2.05) is 12.3 Å². The van der Waals surface area contributed by atoms with Crippen LogP contribution in [-0.4, -0.2) is 15.2 Å². The zero-order valence-corrected chi connectivity index (χ0v) is 18.2. The summed E-state index contributed by atoms with van der Waals surface area (Å²) in [6.45, 7) is 4.30. The van der Waals surface area contributed by atoms with E-state index >= 15 is 0 Å². The van der Waals surface area contributed by atoms with Crippen molar-refractivity contribution >= 4 is 0 Å². The first-order valence-electron chi connectivity index (χ1n) is 11.1. The van der Waals surface area contributed by atoms with Crippen molar-refractivity contribution in [3.8, 4) is 33.6 Å². The lowest BCUT2D eigenvalue weighted by Crippen LogP contribution is -2.34. The number of rotatable bonds is 5. The van der Waals surface area contributed by atoms with E-state index in [4.69, 9.17) is 10.7 Å². The number of aromatic nitrogens is 3. The zero-order chi connectivity index (χ0) is 21.4. The summed E-state index contributed by atoms with van der Waals surface area (Å²) < 4.78 is 0. The fourth-order valence-corrected chi connectivity index (χ4v) is 4.62. The van der Waals surface area contributed by atoms with Gasteiger partial charge in [0.05, 0.1) is 23.3 Å². The smallest absolute Gasteiger partial charge is 0.0784 e. The average Bonchev–Trinajstić information content (AvgIpc) is 3.33. The Kier molecular flexibility index (Phi) is 4.95. The standard InChI is InChI=1S/C27H28N4/c1-3-27(28,4-2)21-13-10-19(11-14-21)25-22(18-8-6-5-7-9-18)16-23-24(30-25)15-12-20-17-29-31-26(20)23/h5-11,13-14,16-17H,3-4,12,15,28H2,1-2H3,(H,29,31). The predicted molar refractivity (Wildman–Crippen MR) is 127 cm³/mol. The van der Waals surface area contributed by atoms with Crippen molar-refractivity contribution in [1.82, 2.24) is 15.2 Å². The van der Waals surface area contributed by atoms with Gasteiger partial charge < -0.3 is 5.73 Å². The first-order chi connectivity index (χ1) is 15.1. The first-order valence-corrected chi connectivity index (χ1v) is 11.1. The van der Waals surface area contributed by atoms with Crippen molar-refractivity contribution in [2.45, 2.75) is 45.1 Å². The summed E-state index contributed by atoms with van der Waals surface area (Å²) in [5.41, 5.74) is 16.6. The molecule has 0 spiro atoms. The van der Waals surface area contributed by atoms with Crippen molar-refractivity contribution in [2.75, 3.05) is 0 Å². The number of nitrogens with two attached hydrogens (primary N) is 1. The molecule has 0 saturated carbocycles. The molecule has 0 unspecified atom stereocenters. The fraction of sp³-hybridized carbons (Fsp3) is 0.259. The minimum absolute atomic E-state index is 0.277. The predicted octanol–water partition coefficient (Wildman–Crippen LogP) is 5.88. The molecule has 0 aliphatic heterocycles. The molecule has 2 heterocycles. The maximum atomic E-state index is 6.63. The van der Waals surface area contributed by atoms with Gasteiger partial charge in [-0.05, 0) is 48.4 Å². The topological polar surface area (TPSA) is 67.6 Å². The van der Waals surface area contributed by atoms with Gasteiger partial charge in [0.25, 0.3) is 0 Å². The third-order valence-electron chi connectivity index (χ3n) is 6.80. The van der Waals surface area contributed by atoms with Crippen molar-refractivity contribution in [3.63, 3.8) is 0 Å². The van der Waals surface area contributed by atoms with Gasteiger partial charge >= 0.3 is 0 Å². The van der Waals surface area contributed by atoms with E-state index in [1.54, 1.807) is 0 Å². The van der Waals surface area contributed by atoms with Crippen LogP contribution >= 0.6 is 0 Å². The summed E-state index contributed by atoms with van der Waals surface area (Å²) in [5, 5.41) is 7.45. The summed E-state index contributed by atoms with van der Waals surface area (Å²) in [4.78, 5) is 5.19. The SMILES string of the molecule is CCC(N)(CC)c1ccc(-c2nc3c(cc2-c2ccccc2)-c2[nH]ncc2CC3)cc1. The van der Waals surface area contributed by atoms with E-state index in [9.17, 15) is 0 Å². The summed E-state index contributed by atoms with van der Waals surface area (Å²) in [7, 11) is 0. The third kappa shape index (κ3) is 3.37. The highest BCUT2D eigenvalue weighted by Crippen LogP contribution is 2.39. The van der Waals surface area contributed by atoms with E-state index in [2.05, 4.69) is 78.6 Å². The number of H-pyrrole nitrogens is 1. The summed E-state index contributed by atoms with van der Waals surface area (Å²) in [6, 6.07) is 21.5. The highest BCUT2D eigenvalue weighted by atomic mass is 15.1. The van der Waals surface area contributed by atoms with Crippen LogP contribution in [-0.2, 0) is 18.4 Å². The number of aromatic amines is 1. The van der Waals surface area contributed by atoms with Crippen molar-refractivity contribution in [2.24, 2.45) is 5.73 Å². The van der Waals surface area contributed by atoms with Gasteiger partial charge in [0.1, 0.15) is 0 Å². The second-order valence-corrected chi connectivity index (χ2v) is 8.46. The molecular weight excluding hydrogens is 380 g/mol. The Labute approximate surface area is 183 Å². The van der Waals surface area contributed by atoms with E-state index in [0.29, 0.717) is 0 Å². The van der Waals surface area contributed by atoms with E-state index in [1.165, 1.54) is 16.7 Å². The number of benzene rings is 2. The Hall–Kier alpha value is -3.24. The number of hydrogen-bond donors (Lipinski definition) is 2. The highest BCUT2D eigenvalue weighted by Gasteiger charge is 2.24. The number of aryl methyl sites for hydroxylation is 2. The monoisotopic (exact) mass is 408 g/mol. The molecule has 0 fully saturated rings. The number of pyridine rings is 1. The van der Waals surface area contributed by atoms with Crippen LogP contribution in [0.15, 0.2) is 66.9 Å².